The molecule has 0 radical (unpaired) electrons. The first-order valence-electron chi connectivity index (χ1n) is 5.80. The van der Waals surface area contributed by atoms with E-state index in [-0.39, 0.29) is 5.92 Å². The molecule has 0 bridgehead atoms. The average Bonchev–Trinajstić information content (AvgIpc) is 2.38. The molecule has 0 aliphatic heterocycles. The van der Waals surface area contributed by atoms with Crippen molar-refractivity contribution in [2.24, 2.45) is 5.73 Å². The number of rotatable bonds is 3. The maximum absolute atomic E-state index is 5.64. The maximum Gasteiger partial charge on any atom is 0.133 e. The fraction of sp³-hybridized carbons (Fsp3) is 0.286. The van der Waals surface area contributed by atoms with E-state index in [4.69, 9.17) is 5.73 Å². The summed E-state index contributed by atoms with van der Waals surface area (Å²) in [6.07, 6.45) is 1.80. The Morgan fingerprint density at radius 2 is 2.12 bits per heavy atom. The van der Waals surface area contributed by atoms with Gasteiger partial charge in [0.1, 0.15) is 5.82 Å². The van der Waals surface area contributed by atoms with Gasteiger partial charge in [-0.15, -0.1) is 0 Å². The Morgan fingerprint density at radius 3 is 2.82 bits per heavy atom. The molecule has 2 aromatic rings. The first-order chi connectivity index (χ1) is 8.20. The van der Waals surface area contributed by atoms with Crippen LogP contribution in [-0.2, 0) is 0 Å². The molecule has 3 nitrogen and oxygen atoms in total. The summed E-state index contributed by atoms with van der Waals surface area (Å²) in [7, 11) is 0. The average molecular weight is 227 g/mol. The molecule has 0 fully saturated rings. The van der Waals surface area contributed by atoms with Gasteiger partial charge >= 0.3 is 0 Å². The second kappa shape index (κ2) is 5.06. The van der Waals surface area contributed by atoms with Crippen LogP contribution in [0.3, 0.4) is 0 Å². The van der Waals surface area contributed by atoms with Crippen LogP contribution >= 0.6 is 0 Å². The number of nitrogens with two attached hydrogens (primary N) is 1. The van der Waals surface area contributed by atoms with Crippen LogP contribution in [0.15, 0.2) is 36.5 Å². The largest absolute Gasteiger partial charge is 0.330 e. The third-order valence-electron chi connectivity index (χ3n) is 2.78. The minimum atomic E-state index is 0.194. The molecule has 1 atom stereocenters. The first-order valence-corrected chi connectivity index (χ1v) is 5.80. The summed E-state index contributed by atoms with van der Waals surface area (Å²) in [6.45, 7) is 4.68. The summed E-state index contributed by atoms with van der Waals surface area (Å²) < 4.78 is 0. The fourth-order valence-corrected chi connectivity index (χ4v) is 1.68. The van der Waals surface area contributed by atoms with E-state index >= 15 is 0 Å². The second-order valence-corrected chi connectivity index (χ2v) is 4.31. The quantitative estimate of drug-likeness (QED) is 0.876. The Hall–Kier alpha value is -1.74. The van der Waals surface area contributed by atoms with Crippen molar-refractivity contribution >= 4 is 0 Å². The molecule has 0 aliphatic carbocycles. The van der Waals surface area contributed by atoms with Crippen molar-refractivity contribution in [2.75, 3.05) is 6.54 Å². The highest BCUT2D eigenvalue weighted by atomic mass is 14.9. The van der Waals surface area contributed by atoms with Gasteiger partial charge in [-0.25, -0.2) is 9.97 Å². The molecule has 2 N–H and O–H groups in total. The molecular formula is C14H17N3. The molecule has 0 amide bonds. The zero-order valence-electron chi connectivity index (χ0n) is 10.2. The minimum absolute atomic E-state index is 0.194. The van der Waals surface area contributed by atoms with Crippen LogP contribution in [0.1, 0.15) is 24.2 Å². The standard InChI is InChI=1S/C14H17N3/c1-10-4-3-5-12(8-10)13-6-7-16-14(17-13)11(2)9-15/h3-8,11H,9,15H2,1-2H3. The van der Waals surface area contributed by atoms with Crippen LogP contribution in [0, 0.1) is 6.92 Å². The van der Waals surface area contributed by atoms with E-state index in [1.54, 1.807) is 6.20 Å². The molecule has 0 saturated carbocycles. The van der Waals surface area contributed by atoms with Crippen LogP contribution < -0.4 is 5.73 Å². The Balaban J connectivity index is 2.39. The summed E-state index contributed by atoms with van der Waals surface area (Å²) in [6, 6.07) is 10.2. The van der Waals surface area contributed by atoms with Crippen molar-refractivity contribution in [3.63, 3.8) is 0 Å². The first kappa shape index (κ1) is 11.7. The second-order valence-electron chi connectivity index (χ2n) is 4.31. The highest BCUT2D eigenvalue weighted by molar-refractivity contribution is 5.59. The van der Waals surface area contributed by atoms with Crippen LogP contribution in [0.5, 0.6) is 0 Å². The minimum Gasteiger partial charge on any atom is -0.330 e. The molecule has 1 heterocycles. The van der Waals surface area contributed by atoms with Gasteiger partial charge in [0.15, 0.2) is 0 Å². The molecule has 0 saturated heterocycles. The third kappa shape index (κ3) is 2.68. The fourth-order valence-electron chi connectivity index (χ4n) is 1.68. The number of benzene rings is 1. The van der Waals surface area contributed by atoms with Gasteiger partial charge in [-0.3, -0.25) is 0 Å². The Labute approximate surface area is 102 Å². The highest BCUT2D eigenvalue weighted by Gasteiger charge is 2.08. The Bertz CT molecular complexity index is 508. The van der Waals surface area contributed by atoms with Crippen molar-refractivity contribution in [3.05, 3.63) is 47.9 Å². The van der Waals surface area contributed by atoms with Gasteiger partial charge < -0.3 is 5.73 Å². The van der Waals surface area contributed by atoms with Crippen LogP contribution in [-0.4, -0.2) is 16.5 Å². The molecule has 1 unspecified atom stereocenters. The summed E-state index contributed by atoms with van der Waals surface area (Å²) in [4.78, 5) is 8.83. The molecule has 2 rings (SSSR count). The topological polar surface area (TPSA) is 51.8 Å². The molecular weight excluding hydrogens is 210 g/mol. The highest BCUT2D eigenvalue weighted by Crippen LogP contribution is 2.19. The monoisotopic (exact) mass is 227 g/mol. The SMILES string of the molecule is Cc1cccc(-c2ccnc(C(C)CN)n2)c1. The van der Waals surface area contributed by atoms with E-state index in [2.05, 4.69) is 35.1 Å². The lowest BCUT2D eigenvalue weighted by molar-refractivity contribution is 0.713. The summed E-state index contributed by atoms with van der Waals surface area (Å²) >= 11 is 0. The van der Waals surface area contributed by atoms with Gasteiger partial charge in [0.2, 0.25) is 0 Å². The lowest BCUT2D eigenvalue weighted by atomic mass is 10.1. The predicted molar refractivity (Wildman–Crippen MR) is 69.7 cm³/mol. The third-order valence-corrected chi connectivity index (χ3v) is 2.78. The molecule has 3 heteroatoms. The van der Waals surface area contributed by atoms with E-state index in [0.717, 1.165) is 17.1 Å². The van der Waals surface area contributed by atoms with Gasteiger partial charge in [0.05, 0.1) is 5.69 Å². The number of hydrogen-bond donors (Lipinski definition) is 1. The van der Waals surface area contributed by atoms with Crippen molar-refractivity contribution in [3.8, 4) is 11.3 Å². The van der Waals surface area contributed by atoms with E-state index in [1.165, 1.54) is 5.56 Å². The van der Waals surface area contributed by atoms with Crippen LogP contribution in [0.4, 0.5) is 0 Å². The molecule has 17 heavy (non-hydrogen) atoms. The smallest absolute Gasteiger partial charge is 0.133 e. The van der Waals surface area contributed by atoms with Crippen molar-refractivity contribution in [2.45, 2.75) is 19.8 Å². The molecule has 88 valence electrons. The summed E-state index contributed by atoms with van der Waals surface area (Å²) in [5.41, 5.74) is 8.95. The number of aryl methyl sites for hydroxylation is 1. The van der Waals surface area contributed by atoms with Crippen molar-refractivity contribution in [1.82, 2.24) is 9.97 Å². The lowest BCUT2D eigenvalue weighted by Crippen LogP contribution is -2.12. The summed E-state index contributed by atoms with van der Waals surface area (Å²) in [5.74, 6) is 1.01. The van der Waals surface area contributed by atoms with E-state index < -0.39 is 0 Å². The molecule has 1 aromatic carbocycles. The summed E-state index contributed by atoms with van der Waals surface area (Å²) in [5, 5.41) is 0. The van der Waals surface area contributed by atoms with Gasteiger partial charge in [-0.05, 0) is 19.1 Å². The maximum atomic E-state index is 5.64. The van der Waals surface area contributed by atoms with E-state index in [0.29, 0.717) is 6.54 Å². The zero-order valence-corrected chi connectivity index (χ0v) is 10.2. The van der Waals surface area contributed by atoms with Crippen molar-refractivity contribution in [1.29, 1.82) is 0 Å². The van der Waals surface area contributed by atoms with Gasteiger partial charge in [0.25, 0.3) is 0 Å². The van der Waals surface area contributed by atoms with Gasteiger partial charge in [-0.1, -0.05) is 30.7 Å². The van der Waals surface area contributed by atoms with E-state index in [9.17, 15) is 0 Å². The Kier molecular flexibility index (Phi) is 3.49. The van der Waals surface area contributed by atoms with Gasteiger partial charge in [-0.2, -0.15) is 0 Å². The number of aromatic nitrogens is 2. The van der Waals surface area contributed by atoms with Crippen molar-refractivity contribution < 1.29 is 0 Å². The lowest BCUT2D eigenvalue weighted by Gasteiger charge is -2.08. The van der Waals surface area contributed by atoms with E-state index in [1.807, 2.05) is 19.1 Å². The Morgan fingerprint density at radius 1 is 1.29 bits per heavy atom. The zero-order chi connectivity index (χ0) is 12.3. The van der Waals surface area contributed by atoms with Crippen LogP contribution in [0.25, 0.3) is 11.3 Å². The predicted octanol–water partition coefficient (Wildman–Crippen LogP) is 2.51. The van der Waals surface area contributed by atoms with Gasteiger partial charge in [0, 0.05) is 24.2 Å². The number of hydrogen-bond acceptors (Lipinski definition) is 3. The normalized spacial score (nSPS) is 12.4. The molecule has 0 spiro atoms. The number of nitrogens with zero attached hydrogens (tertiary/aromatic N) is 2. The molecule has 1 aromatic heterocycles. The molecule has 0 aliphatic rings. The van der Waals surface area contributed by atoms with Crippen LogP contribution in [0.2, 0.25) is 0 Å².